The molecule has 0 aliphatic rings. The lowest BCUT2D eigenvalue weighted by molar-refractivity contribution is 0.0955. The number of benzene rings is 3. The second-order valence-electron chi connectivity index (χ2n) is 8.76. The number of nitrogens with one attached hydrogen (secondary N) is 1. The van der Waals surface area contributed by atoms with E-state index in [9.17, 15) is 13.2 Å². The normalized spacial score (nSPS) is 11.6. The Morgan fingerprint density at radius 2 is 1.66 bits per heavy atom. The van der Waals surface area contributed by atoms with Gasteiger partial charge in [-0.1, -0.05) is 53.5 Å². The number of sulfonamides is 1. The molecule has 1 heterocycles. The van der Waals surface area contributed by atoms with E-state index in [2.05, 4.69) is 10.5 Å². The Morgan fingerprint density at radius 3 is 2.29 bits per heavy atom. The number of amides is 1. The van der Waals surface area contributed by atoms with Crippen molar-refractivity contribution in [3.05, 3.63) is 117 Å². The van der Waals surface area contributed by atoms with Gasteiger partial charge in [0, 0.05) is 28.2 Å². The van der Waals surface area contributed by atoms with E-state index in [1.165, 1.54) is 10.6 Å². The van der Waals surface area contributed by atoms with Crippen LogP contribution in [0.15, 0.2) is 84.0 Å². The van der Waals surface area contributed by atoms with E-state index in [4.69, 9.17) is 23.2 Å². The molecule has 0 atom stereocenters. The molecule has 1 N–H and O–H groups in total. The number of anilines is 1. The van der Waals surface area contributed by atoms with Crippen LogP contribution in [-0.4, -0.2) is 31.4 Å². The van der Waals surface area contributed by atoms with Crippen LogP contribution >= 0.6 is 23.2 Å². The number of aryl methyl sites for hydroxylation is 1. The van der Waals surface area contributed by atoms with Gasteiger partial charge < -0.3 is 4.57 Å². The number of hydrazone groups is 1. The summed E-state index contributed by atoms with van der Waals surface area (Å²) in [6.07, 6.45) is 2.76. The molecule has 38 heavy (non-hydrogen) atoms. The Bertz CT molecular complexity index is 1600. The lowest BCUT2D eigenvalue weighted by atomic mass is 10.1. The number of aromatic nitrogens is 1. The molecule has 4 rings (SSSR count). The molecule has 0 unspecified atom stereocenters. The Kier molecular flexibility index (Phi) is 8.26. The minimum atomic E-state index is -3.49. The second-order valence-corrected chi connectivity index (χ2v) is 11.5. The number of para-hydroxylation sites is 1. The summed E-state index contributed by atoms with van der Waals surface area (Å²) in [7, 11) is -3.49. The van der Waals surface area contributed by atoms with E-state index >= 15 is 0 Å². The lowest BCUT2D eigenvalue weighted by Gasteiger charge is -2.22. The Balaban J connectivity index is 1.44. The molecular formula is C28H26Cl2N4O3S. The first kappa shape index (κ1) is 27.4. The molecule has 1 aromatic heterocycles. The van der Waals surface area contributed by atoms with Crippen LogP contribution in [0.3, 0.4) is 0 Å². The van der Waals surface area contributed by atoms with Gasteiger partial charge >= 0.3 is 0 Å². The number of halogens is 2. The van der Waals surface area contributed by atoms with Crippen molar-refractivity contribution in [2.75, 3.05) is 10.6 Å². The van der Waals surface area contributed by atoms with Crippen LogP contribution in [0, 0.1) is 13.8 Å². The highest BCUT2D eigenvalue weighted by Gasteiger charge is 2.18. The molecule has 0 saturated heterocycles. The first-order chi connectivity index (χ1) is 18.0. The fraction of sp³-hybridized carbons (Fsp3) is 0.143. The summed E-state index contributed by atoms with van der Waals surface area (Å²) in [6.45, 7) is 4.07. The maximum Gasteiger partial charge on any atom is 0.271 e. The molecule has 0 aliphatic carbocycles. The highest BCUT2D eigenvalue weighted by Crippen LogP contribution is 2.27. The summed E-state index contributed by atoms with van der Waals surface area (Å²) in [4.78, 5) is 12.6. The van der Waals surface area contributed by atoms with Crippen molar-refractivity contribution in [1.29, 1.82) is 0 Å². The molecule has 0 bridgehead atoms. The van der Waals surface area contributed by atoms with Gasteiger partial charge in [0.2, 0.25) is 10.0 Å². The van der Waals surface area contributed by atoms with Gasteiger partial charge in [-0.05, 0) is 67.9 Å². The summed E-state index contributed by atoms with van der Waals surface area (Å²) in [5, 5.41) is 5.08. The van der Waals surface area contributed by atoms with Crippen molar-refractivity contribution < 1.29 is 13.2 Å². The van der Waals surface area contributed by atoms with E-state index in [-0.39, 0.29) is 12.5 Å². The highest BCUT2D eigenvalue weighted by molar-refractivity contribution is 7.92. The lowest BCUT2D eigenvalue weighted by Crippen LogP contribution is -2.29. The van der Waals surface area contributed by atoms with Crippen LogP contribution in [0.5, 0.6) is 0 Å². The third kappa shape index (κ3) is 6.27. The van der Waals surface area contributed by atoms with Gasteiger partial charge in [-0.2, -0.15) is 5.10 Å². The fourth-order valence-electron chi connectivity index (χ4n) is 4.09. The summed E-state index contributed by atoms with van der Waals surface area (Å²) >= 11 is 12.2. The number of hydrogen-bond acceptors (Lipinski definition) is 4. The molecule has 1 amide bonds. The molecule has 10 heteroatoms. The quantitative estimate of drug-likeness (QED) is 0.205. The van der Waals surface area contributed by atoms with Gasteiger partial charge in [-0.3, -0.25) is 9.10 Å². The topological polar surface area (TPSA) is 83.8 Å². The van der Waals surface area contributed by atoms with Gasteiger partial charge in [0.05, 0.1) is 34.7 Å². The average molecular weight is 570 g/mol. The zero-order valence-corrected chi connectivity index (χ0v) is 23.3. The summed E-state index contributed by atoms with van der Waals surface area (Å²) in [5.41, 5.74) is 7.88. The van der Waals surface area contributed by atoms with Gasteiger partial charge in [-0.15, -0.1) is 0 Å². The minimum absolute atomic E-state index is 0.150. The Hall–Kier alpha value is -3.59. The van der Waals surface area contributed by atoms with Gasteiger partial charge in [0.15, 0.2) is 0 Å². The number of nitrogens with zero attached hydrogens (tertiary/aromatic N) is 3. The fourth-order valence-corrected chi connectivity index (χ4v) is 5.27. The van der Waals surface area contributed by atoms with Crippen LogP contribution in [0.25, 0.3) is 5.69 Å². The smallest absolute Gasteiger partial charge is 0.271 e. The summed E-state index contributed by atoms with van der Waals surface area (Å²) in [5.74, 6) is -0.380. The maximum atomic E-state index is 12.6. The average Bonchev–Trinajstić information content (AvgIpc) is 3.17. The van der Waals surface area contributed by atoms with Gasteiger partial charge in [0.25, 0.3) is 5.91 Å². The van der Waals surface area contributed by atoms with Crippen molar-refractivity contribution in [1.82, 2.24) is 9.99 Å². The first-order valence-electron chi connectivity index (χ1n) is 11.6. The van der Waals surface area contributed by atoms with Crippen LogP contribution < -0.4 is 9.73 Å². The van der Waals surface area contributed by atoms with E-state index < -0.39 is 10.0 Å². The van der Waals surface area contributed by atoms with Gasteiger partial charge in [-0.25, -0.2) is 13.8 Å². The predicted molar refractivity (Wildman–Crippen MR) is 154 cm³/mol. The highest BCUT2D eigenvalue weighted by atomic mass is 35.5. The Labute approximate surface area is 232 Å². The SMILES string of the molecule is Cc1cc(/C=N/NC(=O)c2ccc(CN(c3ccccc3)S(C)(=O)=O)cc2)c(C)n1-c1ccc(Cl)c(Cl)c1. The number of hydrogen-bond donors (Lipinski definition) is 1. The van der Waals surface area contributed by atoms with Crippen molar-refractivity contribution >= 4 is 51.0 Å². The third-order valence-electron chi connectivity index (χ3n) is 5.99. The van der Waals surface area contributed by atoms with Crippen molar-refractivity contribution in [2.24, 2.45) is 5.10 Å². The molecular weight excluding hydrogens is 543 g/mol. The number of carbonyl (C=O) groups excluding carboxylic acids is 1. The van der Waals surface area contributed by atoms with Crippen molar-refractivity contribution in [3.63, 3.8) is 0 Å². The summed E-state index contributed by atoms with van der Waals surface area (Å²) < 4.78 is 28.0. The van der Waals surface area contributed by atoms with Crippen molar-refractivity contribution in [3.8, 4) is 5.69 Å². The largest absolute Gasteiger partial charge is 0.318 e. The van der Waals surface area contributed by atoms with E-state index in [1.54, 1.807) is 66.9 Å². The molecule has 0 spiro atoms. The molecule has 7 nitrogen and oxygen atoms in total. The van der Waals surface area contributed by atoms with Gasteiger partial charge in [0.1, 0.15) is 0 Å². The minimum Gasteiger partial charge on any atom is -0.318 e. The third-order valence-corrected chi connectivity index (χ3v) is 7.87. The molecule has 0 fully saturated rings. The van der Waals surface area contributed by atoms with Crippen LogP contribution in [0.1, 0.15) is 32.9 Å². The molecule has 0 aliphatic heterocycles. The molecule has 0 saturated carbocycles. The van der Waals surface area contributed by atoms with E-state index in [1.807, 2.05) is 36.6 Å². The van der Waals surface area contributed by atoms with Crippen LogP contribution in [0.2, 0.25) is 10.0 Å². The second kappa shape index (κ2) is 11.4. The molecule has 196 valence electrons. The van der Waals surface area contributed by atoms with Crippen molar-refractivity contribution in [2.45, 2.75) is 20.4 Å². The van der Waals surface area contributed by atoms with Crippen LogP contribution in [0.4, 0.5) is 5.69 Å². The zero-order chi connectivity index (χ0) is 27.4. The number of rotatable bonds is 8. The van der Waals surface area contributed by atoms with Crippen LogP contribution in [-0.2, 0) is 16.6 Å². The monoisotopic (exact) mass is 568 g/mol. The maximum absolute atomic E-state index is 12.6. The molecule has 4 aromatic rings. The summed E-state index contributed by atoms with van der Waals surface area (Å²) in [6, 6.07) is 23.0. The van der Waals surface area contributed by atoms with E-state index in [0.29, 0.717) is 21.3 Å². The molecule has 0 radical (unpaired) electrons. The number of carbonyl (C=O) groups is 1. The van der Waals surface area contributed by atoms with E-state index in [0.717, 1.165) is 28.2 Å². The first-order valence-corrected chi connectivity index (χ1v) is 14.2. The zero-order valence-electron chi connectivity index (χ0n) is 21.0. The molecule has 3 aromatic carbocycles. The Morgan fingerprint density at radius 1 is 0.974 bits per heavy atom. The standard InChI is InChI=1S/C28H26Cl2N4O3S/c1-19-15-23(20(2)34(19)25-13-14-26(29)27(30)16-25)17-31-32-28(35)22-11-9-21(10-12-22)18-33(38(3,36)37)24-7-5-4-6-8-24/h4-17H,18H2,1-3H3,(H,32,35)/b31-17+. The predicted octanol–water partition coefficient (Wildman–Crippen LogP) is 6.13.